The van der Waals surface area contributed by atoms with Gasteiger partial charge in [-0.05, 0) is 25.1 Å². The standard InChI is InChI=1S/C18H23N3O5S2/c1-5-21(6-2)28(23,24)15-9-7-8-14(12-15)16-19-20-18(26-16)27-11-10-13(3)17(22)25-4/h7-10,12H,5-6,11H2,1-4H3/b13-10+. The third kappa shape index (κ3) is 5.21. The van der Waals surface area contributed by atoms with Gasteiger partial charge >= 0.3 is 5.97 Å². The smallest absolute Gasteiger partial charge is 0.333 e. The fourth-order valence-corrected chi connectivity index (χ4v) is 4.59. The number of thioether (sulfide) groups is 1. The third-order valence-electron chi connectivity index (χ3n) is 3.93. The van der Waals surface area contributed by atoms with Gasteiger partial charge in [0.25, 0.3) is 5.22 Å². The van der Waals surface area contributed by atoms with E-state index in [0.717, 1.165) is 0 Å². The Morgan fingerprint density at radius 2 is 2.00 bits per heavy atom. The molecule has 0 atom stereocenters. The molecule has 0 fully saturated rings. The number of carbonyl (C=O) groups excluding carboxylic acids is 1. The van der Waals surface area contributed by atoms with Gasteiger partial charge in [-0.25, -0.2) is 13.2 Å². The Kier molecular flexibility index (Phi) is 7.78. The summed E-state index contributed by atoms with van der Waals surface area (Å²) in [7, 11) is -2.25. The van der Waals surface area contributed by atoms with E-state index in [-0.39, 0.29) is 10.8 Å². The molecule has 0 saturated carbocycles. The number of rotatable bonds is 9. The van der Waals surface area contributed by atoms with Gasteiger partial charge in [-0.2, -0.15) is 4.31 Å². The number of methoxy groups -OCH3 is 1. The average Bonchev–Trinajstić information content (AvgIpc) is 3.17. The molecule has 0 N–H and O–H groups in total. The zero-order valence-corrected chi connectivity index (χ0v) is 17.8. The van der Waals surface area contributed by atoms with E-state index in [0.29, 0.717) is 35.2 Å². The fraction of sp³-hybridized carbons (Fsp3) is 0.389. The quantitative estimate of drug-likeness (QED) is 0.343. The van der Waals surface area contributed by atoms with Gasteiger partial charge < -0.3 is 9.15 Å². The molecule has 0 aliphatic rings. The Bertz CT molecular complexity index is 950. The summed E-state index contributed by atoms with van der Waals surface area (Å²) in [6.07, 6.45) is 1.71. The van der Waals surface area contributed by atoms with Gasteiger partial charge in [0.1, 0.15) is 0 Å². The molecule has 0 aliphatic carbocycles. The zero-order chi connectivity index (χ0) is 20.7. The molecule has 8 nitrogen and oxygen atoms in total. The number of hydrogen-bond donors (Lipinski definition) is 0. The van der Waals surface area contributed by atoms with Crippen molar-refractivity contribution >= 4 is 27.8 Å². The minimum absolute atomic E-state index is 0.178. The number of aromatic nitrogens is 2. The molecule has 0 spiro atoms. The number of esters is 1. The van der Waals surface area contributed by atoms with Crippen LogP contribution in [0.4, 0.5) is 0 Å². The predicted octanol–water partition coefficient (Wildman–Crippen LogP) is 2.98. The molecule has 1 heterocycles. The van der Waals surface area contributed by atoms with Crippen molar-refractivity contribution in [1.29, 1.82) is 0 Å². The van der Waals surface area contributed by atoms with Crippen LogP contribution in [0.2, 0.25) is 0 Å². The lowest BCUT2D eigenvalue weighted by Crippen LogP contribution is -2.30. The van der Waals surface area contributed by atoms with Crippen LogP contribution in [0.25, 0.3) is 11.5 Å². The molecule has 10 heteroatoms. The van der Waals surface area contributed by atoms with E-state index in [1.807, 2.05) is 0 Å². The van der Waals surface area contributed by atoms with Crippen LogP contribution in [0.15, 0.2) is 50.4 Å². The molecular weight excluding hydrogens is 402 g/mol. The van der Waals surface area contributed by atoms with Crippen molar-refractivity contribution in [2.24, 2.45) is 0 Å². The van der Waals surface area contributed by atoms with Crippen molar-refractivity contribution in [2.75, 3.05) is 26.0 Å². The minimum Gasteiger partial charge on any atom is -0.466 e. The van der Waals surface area contributed by atoms with Crippen molar-refractivity contribution in [1.82, 2.24) is 14.5 Å². The molecule has 0 amide bonds. The van der Waals surface area contributed by atoms with Crippen LogP contribution in [0.5, 0.6) is 0 Å². The first-order valence-electron chi connectivity index (χ1n) is 8.65. The number of sulfonamides is 1. The van der Waals surface area contributed by atoms with Crippen molar-refractivity contribution in [3.8, 4) is 11.5 Å². The molecule has 2 rings (SSSR count). The Morgan fingerprint density at radius 3 is 2.64 bits per heavy atom. The van der Waals surface area contributed by atoms with E-state index in [2.05, 4.69) is 14.9 Å². The van der Waals surface area contributed by atoms with Crippen LogP contribution >= 0.6 is 11.8 Å². The van der Waals surface area contributed by atoms with Gasteiger partial charge in [0.05, 0.1) is 12.0 Å². The van der Waals surface area contributed by atoms with Crippen LogP contribution in [0.3, 0.4) is 0 Å². The lowest BCUT2D eigenvalue weighted by Gasteiger charge is -2.18. The maximum Gasteiger partial charge on any atom is 0.333 e. The molecule has 0 radical (unpaired) electrons. The molecule has 0 unspecified atom stereocenters. The maximum absolute atomic E-state index is 12.7. The van der Waals surface area contributed by atoms with E-state index in [1.54, 1.807) is 45.0 Å². The largest absolute Gasteiger partial charge is 0.466 e. The summed E-state index contributed by atoms with van der Waals surface area (Å²) in [5.74, 6) is 0.296. The van der Waals surface area contributed by atoms with Crippen molar-refractivity contribution < 1.29 is 22.4 Å². The van der Waals surface area contributed by atoms with Gasteiger partial charge in [0, 0.05) is 30.0 Å². The highest BCUT2D eigenvalue weighted by Crippen LogP contribution is 2.26. The van der Waals surface area contributed by atoms with Crippen LogP contribution in [-0.4, -0.2) is 54.8 Å². The first kappa shape index (κ1) is 22.1. The minimum atomic E-state index is -3.57. The van der Waals surface area contributed by atoms with Crippen molar-refractivity contribution in [2.45, 2.75) is 30.9 Å². The highest BCUT2D eigenvalue weighted by Gasteiger charge is 2.22. The first-order valence-corrected chi connectivity index (χ1v) is 11.1. The highest BCUT2D eigenvalue weighted by atomic mass is 32.2. The predicted molar refractivity (Wildman–Crippen MR) is 106 cm³/mol. The van der Waals surface area contributed by atoms with E-state index < -0.39 is 16.0 Å². The Labute approximate surface area is 169 Å². The van der Waals surface area contributed by atoms with Gasteiger partial charge in [-0.15, -0.1) is 10.2 Å². The Morgan fingerprint density at radius 1 is 1.29 bits per heavy atom. The number of nitrogens with zero attached hydrogens (tertiary/aromatic N) is 3. The van der Waals surface area contributed by atoms with Gasteiger partial charge in [-0.1, -0.05) is 37.8 Å². The summed E-state index contributed by atoms with van der Waals surface area (Å²) >= 11 is 1.26. The summed E-state index contributed by atoms with van der Waals surface area (Å²) in [6.45, 7) is 6.03. The second-order valence-electron chi connectivity index (χ2n) is 5.68. The molecule has 0 saturated heterocycles. The van der Waals surface area contributed by atoms with Crippen molar-refractivity contribution in [3.05, 3.63) is 35.9 Å². The van der Waals surface area contributed by atoms with E-state index >= 15 is 0 Å². The molecule has 0 bridgehead atoms. The number of benzene rings is 1. The van der Waals surface area contributed by atoms with Gasteiger partial charge in [-0.3, -0.25) is 0 Å². The lowest BCUT2D eigenvalue weighted by molar-refractivity contribution is -0.136. The first-order chi connectivity index (χ1) is 13.3. The summed E-state index contributed by atoms with van der Waals surface area (Å²) in [6, 6.07) is 6.43. The van der Waals surface area contributed by atoms with Crippen LogP contribution in [-0.2, 0) is 19.6 Å². The van der Waals surface area contributed by atoms with E-state index in [1.165, 1.54) is 29.2 Å². The highest BCUT2D eigenvalue weighted by molar-refractivity contribution is 7.99. The number of ether oxygens (including phenoxy) is 1. The molecule has 2 aromatic rings. The molecule has 152 valence electrons. The zero-order valence-electron chi connectivity index (χ0n) is 16.2. The second kappa shape index (κ2) is 9.85. The van der Waals surface area contributed by atoms with Crippen molar-refractivity contribution in [3.63, 3.8) is 0 Å². The summed E-state index contributed by atoms with van der Waals surface area (Å²) < 4.78 is 37.0. The third-order valence-corrected chi connectivity index (χ3v) is 6.73. The SMILES string of the molecule is CCN(CC)S(=O)(=O)c1cccc(-c2nnc(SC/C=C(\C)C(=O)OC)o2)c1. The number of hydrogen-bond acceptors (Lipinski definition) is 8. The summed E-state index contributed by atoms with van der Waals surface area (Å²) in [4.78, 5) is 11.5. The van der Waals surface area contributed by atoms with Crippen LogP contribution < -0.4 is 0 Å². The molecule has 1 aromatic heterocycles. The molecular formula is C18H23N3O5S2. The summed E-state index contributed by atoms with van der Waals surface area (Å²) in [5.41, 5.74) is 1.01. The normalized spacial score (nSPS) is 12.4. The van der Waals surface area contributed by atoms with E-state index in [4.69, 9.17) is 4.42 Å². The number of carbonyl (C=O) groups is 1. The molecule has 28 heavy (non-hydrogen) atoms. The van der Waals surface area contributed by atoms with Gasteiger partial charge in [0.15, 0.2) is 0 Å². The van der Waals surface area contributed by atoms with Gasteiger partial charge in [0.2, 0.25) is 15.9 Å². The monoisotopic (exact) mass is 425 g/mol. The fourth-order valence-electron chi connectivity index (χ4n) is 2.37. The van der Waals surface area contributed by atoms with Crippen LogP contribution in [0.1, 0.15) is 20.8 Å². The maximum atomic E-state index is 12.7. The van der Waals surface area contributed by atoms with E-state index in [9.17, 15) is 13.2 Å². The Hall–Kier alpha value is -2.17. The topological polar surface area (TPSA) is 103 Å². The molecule has 0 aliphatic heterocycles. The summed E-state index contributed by atoms with van der Waals surface area (Å²) in [5, 5.41) is 8.26. The molecule has 1 aromatic carbocycles. The lowest BCUT2D eigenvalue weighted by atomic mass is 10.2. The Balaban J connectivity index is 2.17. The average molecular weight is 426 g/mol. The van der Waals surface area contributed by atoms with Crippen LogP contribution in [0, 0.1) is 0 Å². The second-order valence-corrected chi connectivity index (χ2v) is 8.59.